The Hall–Kier alpha value is -1.19. The lowest BCUT2D eigenvalue weighted by Crippen LogP contribution is -2.53. The van der Waals surface area contributed by atoms with Crippen molar-refractivity contribution in [1.29, 1.82) is 0 Å². The third-order valence-corrected chi connectivity index (χ3v) is 7.04. The highest BCUT2D eigenvalue weighted by Crippen LogP contribution is 2.28. The summed E-state index contributed by atoms with van der Waals surface area (Å²) in [5, 5.41) is 3.65. The minimum absolute atomic E-state index is 0.0863. The van der Waals surface area contributed by atoms with Gasteiger partial charge in [0.15, 0.2) is 0 Å². The molecule has 1 N–H and O–H groups in total. The molecule has 2 unspecified atom stereocenters. The third-order valence-electron chi connectivity index (χ3n) is 5.40. The monoisotopic (exact) mass is 429 g/mol. The fourth-order valence-electron chi connectivity index (χ4n) is 3.95. The number of benzene rings is 1. The number of ether oxygens (including phenoxy) is 1. The first-order chi connectivity index (χ1) is 13.4. The van der Waals surface area contributed by atoms with Gasteiger partial charge in [0.25, 0.3) is 0 Å². The Kier molecular flexibility index (Phi) is 7.33. The number of carbonyl (C=O) groups excluding carboxylic acids is 1. The summed E-state index contributed by atoms with van der Waals surface area (Å²) in [6, 6.07) is 6.91. The summed E-state index contributed by atoms with van der Waals surface area (Å²) in [6.07, 6.45) is 3.35. The van der Waals surface area contributed by atoms with E-state index < -0.39 is 16.1 Å². The van der Waals surface area contributed by atoms with E-state index in [1.165, 1.54) is 10.6 Å². The minimum atomic E-state index is -3.41. The van der Waals surface area contributed by atoms with Gasteiger partial charge in [-0.05, 0) is 24.5 Å². The molecule has 0 spiro atoms. The van der Waals surface area contributed by atoms with Gasteiger partial charge >= 0.3 is 0 Å². The third kappa shape index (κ3) is 5.24. The molecule has 156 valence electrons. The van der Waals surface area contributed by atoms with Gasteiger partial charge in [-0.25, -0.2) is 8.42 Å². The summed E-state index contributed by atoms with van der Waals surface area (Å²) in [4.78, 5) is 15.1. The molecule has 0 radical (unpaired) electrons. The smallest absolute Gasteiger partial charge is 0.238 e. The minimum Gasteiger partial charge on any atom is -0.379 e. The number of morpholine rings is 1. The summed E-state index contributed by atoms with van der Waals surface area (Å²) in [5.74, 6) is -0.240. The van der Waals surface area contributed by atoms with E-state index in [1.807, 2.05) is 24.3 Å². The number of rotatable bonds is 6. The molecular formula is C19H28ClN3O4S. The van der Waals surface area contributed by atoms with E-state index in [4.69, 9.17) is 16.3 Å². The van der Waals surface area contributed by atoms with Crippen LogP contribution in [0.4, 0.5) is 0 Å². The quantitative estimate of drug-likeness (QED) is 0.743. The fraction of sp³-hybridized carbons (Fsp3) is 0.632. The molecule has 0 bridgehead atoms. The number of halogens is 1. The molecule has 9 heteroatoms. The van der Waals surface area contributed by atoms with Gasteiger partial charge in [0, 0.05) is 31.2 Å². The molecule has 2 fully saturated rings. The molecule has 1 aromatic carbocycles. The summed E-state index contributed by atoms with van der Waals surface area (Å²) >= 11 is 6.43. The zero-order valence-corrected chi connectivity index (χ0v) is 17.7. The van der Waals surface area contributed by atoms with Crippen LogP contribution in [0, 0.1) is 0 Å². The topological polar surface area (TPSA) is 79.0 Å². The standard InChI is InChI=1S/C19H28ClN3O4S/c1-28(25,26)23-9-5-4-8-17(23)19(24)21-14-18(22-10-12-27-13-11-22)15-6-2-3-7-16(15)20/h2-3,6-7,17-18H,4-5,8-14H2,1H3,(H,21,24). The lowest BCUT2D eigenvalue weighted by Gasteiger charge is -2.36. The van der Waals surface area contributed by atoms with Crippen molar-refractivity contribution in [2.75, 3.05) is 45.6 Å². The zero-order valence-electron chi connectivity index (χ0n) is 16.1. The Morgan fingerprint density at radius 2 is 1.96 bits per heavy atom. The van der Waals surface area contributed by atoms with Crippen LogP contribution in [0.5, 0.6) is 0 Å². The first-order valence-corrected chi connectivity index (χ1v) is 11.9. The first-order valence-electron chi connectivity index (χ1n) is 9.68. The number of carbonyl (C=O) groups is 1. The molecule has 1 aromatic rings. The van der Waals surface area contributed by atoms with Crippen molar-refractivity contribution >= 4 is 27.5 Å². The van der Waals surface area contributed by atoms with Gasteiger partial charge < -0.3 is 10.1 Å². The molecular weight excluding hydrogens is 402 g/mol. The van der Waals surface area contributed by atoms with E-state index in [1.54, 1.807) is 0 Å². The molecule has 28 heavy (non-hydrogen) atoms. The molecule has 7 nitrogen and oxygen atoms in total. The van der Waals surface area contributed by atoms with Crippen LogP contribution in [0.15, 0.2) is 24.3 Å². The van der Waals surface area contributed by atoms with E-state index in [2.05, 4.69) is 10.2 Å². The normalized spacial score (nSPS) is 23.3. The van der Waals surface area contributed by atoms with Gasteiger partial charge in [-0.3, -0.25) is 9.69 Å². The van der Waals surface area contributed by atoms with Crippen LogP contribution in [0.1, 0.15) is 30.9 Å². The highest BCUT2D eigenvalue weighted by atomic mass is 35.5. The summed E-state index contributed by atoms with van der Waals surface area (Å²) in [7, 11) is -3.41. The Morgan fingerprint density at radius 1 is 1.25 bits per heavy atom. The number of sulfonamides is 1. The maximum absolute atomic E-state index is 12.9. The molecule has 3 rings (SSSR count). The Balaban J connectivity index is 1.74. The van der Waals surface area contributed by atoms with Gasteiger partial charge in [-0.2, -0.15) is 4.31 Å². The van der Waals surface area contributed by atoms with Crippen LogP contribution in [0.2, 0.25) is 5.02 Å². The molecule has 2 aliphatic rings. The fourth-order valence-corrected chi connectivity index (χ4v) is 5.34. The molecule has 1 amide bonds. The number of hydrogen-bond acceptors (Lipinski definition) is 5. The molecule has 0 saturated carbocycles. The summed E-state index contributed by atoms with van der Waals surface area (Å²) in [6.45, 7) is 3.55. The Bertz CT molecular complexity index is 783. The second kappa shape index (κ2) is 9.54. The van der Waals surface area contributed by atoms with Crippen LogP contribution in [0.25, 0.3) is 0 Å². The molecule has 0 aromatic heterocycles. The van der Waals surface area contributed by atoms with Crippen molar-refractivity contribution in [3.63, 3.8) is 0 Å². The first kappa shape index (κ1) is 21.5. The number of piperidine rings is 1. The largest absolute Gasteiger partial charge is 0.379 e. The molecule has 0 aliphatic carbocycles. The maximum Gasteiger partial charge on any atom is 0.238 e. The predicted octanol–water partition coefficient (Wildman–Crippen LogP) is 1.64. The van der Waals surface area contributed by atoms with Crippen LogP contribution in [-0.2, 0) is 19.6 Å². The second-order valence-corrected chi connectivity index (χ2v) is 9.66. The number of amides is 1. The van der Waals surface area contributed by atoms with Gasteiger partial charge in [0.05, 0.1) is 25.5 Å². The second-order valence-electron chi connectivity index (χ2n) is 7.32. The zero-order chi connectivity index (χ0) is 20.1. The van der Waals surface area contributed by atoms with Crippen molar-refractivity contribution in [2.45, 2.75) is 31.3 Å². The average molecular weight is 430 g/mol. The molecule has 2 heterocycles. The Labute approximate surface area is 172 Å². The van der Waals surface area contributed by atoms with E-state index in [9.17, 15) is 13.2 Å². The van der Waals surface area contributed by atoms with Crippen molar-refractivity contribution in [1.82, 2.24) is 14.5 Å². The van der Waals surface area contributed by atoms with E-state index in [0.717, 1.165) is 31.5 Å². The number of hydrogen-bond donors (Lipinski definition) is 1. The summed E-state index contributed by atoms with van der Waals surface area (Å²) < 4.78 is 30.9. The summed E-state index contributed by atoms with van der Waals surface area (Å²) in [5.41, 5.74) is 0.954. The van der Waals surface area contributed by atoms with Gasteiger partial charge in [-0.1, -0.05) is 36.2 Å². The van der Waals surface area contributed by atoms with Crippen LogP contribution >= 0.6 is 11.6 Å². The van der Waals surface area contributed by atoms with E-state index in [0.29, 0.717) is 37.7 Å². The van der Waals surface area contributed by atoms with Crippen molar-refractivity contribution < 1.29 is 17.9 Å². The molecule has 2 atom stereocenters. The predicted molar refractivity (Wildman–Crippen MR) is 109 cm³/mol. The Morgan fingerprint density at radius 3 is 2.64 bits per heavy atom. The number of nitrogens with one attached hydrogen (secondary N) is 1. The van der Waals surface area contributed by atoms with E-state index >= 15 is 0 Å². The van der Waals surface area contributed by atoms with Gasteiger partial charge in [0.1, 0.15) is 6.04 Å². The lowest BCUT2D eigenvalue weighted by molar-refractivity contribution is -0.126. The van der Waals surface area contributed by atoms with Crippen molar-refractivity contribution in [3.8, 4) is 0 Å². The lowest BCUT2D eigenvalue weighted by atomic mass is 10.0. The van der Waals surface area contributed by atoms with Crippen molar-refractivity contribution in [3.05, 3.63) is 34.9 Å². The SMILES string of the molecule is CS(=O)(=O)N1CCCCC1C(=O)NCC(c1ccccc1Cl)N1CCOCC1. The molecule has 2 saturated heterocycles. The van der Waals surface area contributed by atoms with Crippen molar-refractivity contribution in [2.24, 2.45) is 0 Å². The van der Waals surface area contributed by atoms with E-state index in [-0.39, 0.29) is 11.9 Å². The van der Waals surface area contributed by atoms with Gasteiger partial charge in [-0.15, -0.1) is 0 Å². The van der Waals surface area contributed by atoms with Crippen LogP contribution in [0.3, 0.4) is 0 Å². The highest BCUT2D eigenvalue weighted by molar-refractivity contribution is 7.88. The van der Waals surface area contributed by atoms with Crippen LogP contribution < -0.4 is 5.32 Å². The number of nitrogens with zero attached hydrogens (tertiary/aromatic N) is 2. The maximum atomic E-state index is 12.9. The average Bonchev–Trinajstić information content (AvgIpc) is 2.69. The molecule has 2 aliphatic heterocycles. The van der Waals surface area contributed by atoms with Gasteiger partial charge in [0.2, 0.25) is 15.9 Å². The van der Waals surface area contributed by atoms with Crippen LogP contribution in [-0.4, -0.2) is 75.2 Å². The highest BCUT2D eigenvalue weighted by Gasteiger charge is 2.35.